The summed E-state index contributed by atoms with van der Waals surface area (Å²) < 4.78 is 34.6. The van der Waals surface area contributed by atoms with E-state index >= 15 is 0 Å². The van der Waals surface area contributed by atoms with Crippen LogP contribution in [-0.4, -0.2) is 25.5 Å². The van der Waals surface area contributed by atoms with Gasteiger partial charge in [-0.1, -0.05) is 12.1 Å². The zero-order valence-corrected chi connectivity index (χ0v) is 13.4. The molecule has 0 aliphatic carbocycles. The first-order valence-corrected chi connectivity index (χ1v) is 8.47. The van der Waals surface area contributed by atoms with Crippen LogP contribution in [0.3, 0.4) is 0 Å². The summed E-state index contributed by atoms with van der Waals surface area (Å²) in [6, 6.07) is 7.43. The number of hydrogen-bond acceptors (Lipinski definition) is 5. The Hall–Kier alpha value is -1.53. The third-order valence-electron chi connectivity index (χ3n) is 3.33. The summed E-state index contributed by atoms with van der Waals surface area (Å²) in [6.45, 7) is 5.33. The van der Waals surface area contributed by atoms with Gasteiger partial charge in [0.2, 0.25) is 0 Å². The molecule has 2 rings (SSSR count). The van der Waals surface area contributed by atoms with Crippen LogP contribution < -0.4 is 10.5 Å². The van der Waals surface area contributed by atoms with Crippen molar-refractivity contribution >= 4 is 20.8 Å². The van der Waals surface area contributed by atoms with Gasteiger partial charge in [0, 0.05) is 0 Å². The minimum Gasteiger partial charge on any atom is -0.488 e. The maximum Gasteiger partial charge on any atom is 0.169 e. The third kappa shape index (κ3) is 3.22. The minimum atomic E-state index is -3.21. The maximum atomic E-state index is 12.1. The zero-order chi connectivity index (χ0) is 15.7. The second kappa shape index (κ2) is 5.69. The van der Waals surface area contributed by atoms with E-state index in [2.05, 4.69) is 0 Å². The topological polar surface area (TPSA) is 82.5 Å². The van der Waals surface area contributed by atoms with Gasteiger partial charge in [-0.15, -0.1) is 0 Å². The van der Waals surface area contributed by atoms with Crippen LogP contribution in [0.2, 0.25) is 0 Å². The Morgan fingerprint density at radius 2 is 1.90 bits per heavy atom. The van der Waals surface area contributed by atoms with Crippen LogP contribution in [0.5, 0.6) is 5.75 Å². The molecule has 0 atom stereocenters. The molecule has 0 bridgehead atoms. The van der Waals surface area contributed by atoms with Crippen molar-refractivity contribution in [1.29, 1.82) is 0 Å². The Morgan fingerprint density at radius 1 is 1.24 bits per heavy atom. The molecule has 0 aliphatic rings. The summed E-state index contributed by atoms with van der Waals surface area (Å²) in [5.41, 5.74) is 6.34. The molecular formula is C15H21NO4S. The van der Waals surface area contributed by atoms with Crippen LogP contribution in [0.4, 0.5) is 0 Å². The molecule has 0 saturated carbocycles. The van der Waals surface area contributed by atoms with Gasteiger partial charge in [0.15, 0.2) is 21.3 Å². The molecule has 21 heavy (non-hydrogen) atoms. The SMILES string of the molecule is CC(C)(C)S(=O)(=O)CCOc1c(CN)oc2ccccc12. The van der Waals surface area contributed by atoms with E-state index < -0.39 is 14.6 Å². The molecule has 0 radical (unpaired) electrons. The Labute approximate surface area is 125 Å². The van der Waals surface area contributed by atoms with E-state index in [1.54, 1.807) is 20.8 Å². The van der Waals surface area contributed by atoms with Gasteiger partial charge >= 0.3 is 0 Å². The summed E-state index contributed by atoms with van der Waals surface area (Å²) in [7, 11) is -3.21. The van der Waals surface area contributed by atoms with E-state index in [0.29, 0.717) is 17.1 Å². The maximum absolute atomic E-state index is 12.1. The highest BCUT2D eigenvalue weighted by Gasteiger charge is 2.28. The van der Waals surface area contributed by atoms with Crippen LogP contribution in [0, 0.1) is 0 Å². The van der Waals surface area contributed by atoms with Crippen molar-refractivity contribution in [3.05, 3.63) is 30.0 Å². The lowest BCUT2D eigenvalue weighted by molar-refractivity contribution is 0.330. The van der Waals surface area contributed by atoms with Gasteiger partial charge in [-0.3, -0.25) is 0 Å². The van der Waals surface area contributed by atoms with Gasteiger partial charge in [0.05, 0.1) is 22.4 Å². The Kier molecular flexibility index (Phi) is 4.30. The standard InChI is InChI=1S/C15H21NO4S/c1-15(2,3)21(17,18)9-8-19-14-11-6-4-5-7-12(11)20-13(14)10-16/h4-7H,8-10,16H2,1-3H3. The number of benzene rings is 1. The normalized spacial score (nSPS) is 12.8. The number of para-hydroxylation sites is 1. The van der Waals surface area contributed by atoms with Crippen LogP contribution in [-0.2, 0) is 16.4 Å². The van der Waals surface area contributed by atoms with Crippen LogP contribution in [0.25, 0.3) is 11.0 Å². The highest BCUT2D eigenvalue weighted by atomic mass is 32.2. The minimum absolute atomic E-state index is 0.0416. The van der Waals surface area contributed by atoms with E-state index in [0.717, 1.165) is 5.39 Å². The number of hydrogen-bond donors (Lipinski definition) is 1. The molecule has 0 spiro atoms. The fraction of sp³-hybridized carbons (Fsp3) is 0.467. The highest BCUT2D eigenvalue weighted by Crippen LogP contribution is 2.32. The van der Waals surface area contributed by atoms with Gasteiger partial charge in [-0.2, -0.15) is 0 Å². The molecule has 2 N–H and O–H groups in total. The molecule has 6 heteroatoms. The number of fused-ring (bicyclic) bond motifs is 1. The molecule has 116 valence electrons. The number of nitrogens with two attached hydrogens (primary N) is 1. The van der Waals surface area contributed by atoms with Crippen LogP contribution in [0.15, 0.2) is 28.7 Å². The van der Waals surface area contributed by atoms with Gasteiger partial charge < -0.3 is 14.9 Å². The second-order valence-corrected chi connectivity index (χ2v) is 8.70. The van der Waals surface area contributed by atoms with E-state index in [-0.39, 0.29) is 18.9 Å². The predicted molar refractivity (Wildman–Crippen MR) is 83.1 cm³/mol. The van der Waals surface area contributed by atoms with E-state index in [1.165, 1.54) is 0 Å². The fourth-order valence-electron chi connectivity index (χ4n) is 1.92. The first kappa shape index (κ1) is 15.9. The van der Waals surface area contributed by atoms with Gasteiger partial charge in [-0.05, 0) is 32.9 Å². The molecule has 1 aromatic carbocycles. The second-order valence-electron chi connectivity index (χ2n) is 5.83. The summed E-state index contributed by atoms with van der Waals surface area (Å²) in [5.74, 6) is 1.03. The molecular weight excluding hydrogens is 290 g/mol. The Balaban J connectivity index is 2.18. The summed E-state index contributed by atoms with van der Waals surface area (Å²) in [6.07, 6.45) is 0. The van der Waals surface area contributed by atoms with Crippen molar-refractivity contribution in [3.63, 3.8) is 0 Å². The lowest BCUT2D eigenvalue weighted by Crippen LogP contribution is -2.32. The third-order valence-corrected chi connectivity index (χ3v) is 5.91. The number of rotatable bonds is 5. The molecule has 0 saturated heterocycles. The van der Waals surface area contributed by atoms with Crippen molar-refractivity contribution in [1.82, 2.24) is 0 Å². The van der Waals surface area contributed by atoms with E-state index in [9.17, 15) is 8.42 Å². The number of ether oxygens (including phenoxy) is 1. The zero-order valence-electron chi connectivity index (χ0n) is 12.5. The van der Waals surface area contributed by atoms with Crippen molar-refractivity contribution in [2.45, 2.75) is 32.1 Å². The smallest absolute Gasteiger partial charge is 0.169 e. The summed E-state index contributed by atoms with van der Waals surface area (Å²) in [5, 5.41) is 0.811. The molecule has 5 nitrogen and oxygen atoms in total. The number of sulfone groups is 1. The molecule has 0 unspecified atom stereocenters. The summed E-state index contributed by atoms with van der Waals surface area (Å²) >= 11 is 0. The molecule has 1 aromatic heterocycles. The monoisotopic (exact) mass is 311 g/mol. The first-order valence-electron chi connectivity index (χ1n) is 6.82. The highest BCUT2D eigenvalue weighted by molar-refractivity contribution is 7.92. The molecule has 0 aliphatic heterocycles. The van der Waals surface area contributed by atoms with Gasteiger partial charge in [-0.25, -0.2) is 8.42 Å². The van der Waals surface area contributed by atoms with E-state index in [1.807, 2.05) is 24.3 Å². The Morgan fingerprint density at radius 3 is 2.52 bits per heavy atom. The van der Waals surface area contributed by atoms with Crippen LogP contribution in [0.1, 0.15) is 26.5 Å². The van der Waals surface area contributed by atoms with Crippen molar-refractivity contribution in [3.8, 4) is 5.75 Å². The first-order chi connectivity index (χ1) is 9.76. The molecule has 0 amide bonds. The van der Waals surface area contributed by atoms with Gasteiger partial charge in [0.1, 0.15) is 12.2 Å². The van der Waals surface area contributed by atoms with Crippen molar-refractivity contribution in [2.24, 2.45) is 5.73 Å². The summed E-state index contributed by atoms with van der Waals surface area (Å²) in [4.78, 5) is 0. The Bertz CT molecular complexity index is 726. The fourth-order valence-corrected chi connectivity index (χ4v) is 2.84. The quantitative estimate of drug-likeness (QED) is 0.917. The van der Waals surface area contributed by atoms with Crippen molar-refractivity contribution < 1.29 is 17.6 Å². The number of furan rings is 1. The lowest BCUT2D eigenvalue weighted by Gasteiger charge is -2.19. The molecule has 1 heterocycles. The van der Waals surface area contributed by atoms with Crippen LogP contribution >= 0.6 is 0 Å². The van der Waals surface area contributed by atoms with Crippen molar-refractivity contribution in [2.75, 3.05) is 12.4 Å². The largest absolute Gasteiger partial charge is 0.488 e. The average Bonchev–Trinajstić information content (AvgIpc) is 2.75. The predicted octanol–water partition coefficient (Wildman–Crippen LogP) is 2.48. The lowest BCUT2D eigenvalue weighted by atomic mass is 10.2. The molecule has 0 fully saturated rings. The molecule has 2 aromatic rings. The van der Waals surface area contributed by atoms with E-state index in [4.69, 9.17) is 14.9 Å². The average molecular weight is 311 g/mol. The van der Waals surface area contributed by atoms with Gasteiger partial charge in [0.25, 0.3) is 0 Å².